The topological polar surface area (TPSA) is 49.8 Å². The lowest BCUT2D eigenvalue weighted by atomic mass is 9.77. The number of nitrogens with zero attached hydrogens (tertiary/aromatic N) is 1. The molecule has 4 nitrogen and oxygen atoms in total. The number of benzene rings is 2. The van der Waals surface area contributed by atoms with E-state index in [0.29, 0.717) is 12.5 Å². The standard InChI is InChI=1S/C24H27NO3/c26-17-11-12-23-16(14-17)6-5-13-25(23)24(27)28-15-22-20-9-3-1-7-18(20)19-8-2-4-10-21(19)22/h1-4,7-10,16-17,22-23,26H,5-6,11-15H2. The van der Waals surface area contributed by atoms with Crippen LogP contribution in [0.15, 0.2) is 48.5 Å². The first kappa shape index (κ1) is 17.7. The first-order chi connectivity index (χ1) is 13.7. The van der Waals surface area contributed by atoms with Crippen molar-refractivity contribution >= 4 is 6.09 Å². The summed E-state index contributed by atoms with van der Waals surface area (Å²) < 4.78 is 5.88. The predicted molar refractivity (Wildman–Crippen MR) is 108 cm³/mol. The zero-order valence-corrected chi connectivity index (χ0v) is 16.1. The molecule has 146 valence electrons. The van der Waals surface area contributed by atoms with Gasteiger partial charge in [-0.2, -0.15) is 0 Å². The molecule has 0 aromatic heterocycles. The third-order valence-electron chi connectivity index (χ3n) is 6.86. The Morgan fingerprint density at radius 1 is 1.00 bits per heavy atom. The first-order valence-corrected chi connectivity index (χ1v) is 10.5. The summed E-state index contributed by atoms with van der Waals surface area (Å²) in [7, 11) is 0. The molecule has 0 spiro atoms. The van der Waals surface area contributed by atoms with Crippen molar-refractivity contribution in [1.29, 1.82) is 0 Å². The Morgan fingerprint density at radius 3 is 2.39 bits per heavy atom. The highest BCUT2D eigenvalue weighted by Crippen LogP contribution is 2.44. The molecule has 1 saturated carbocycles. The smallest absolute Gasteiger partial charge is 0.410 e. The van der Waals surface area contributed by atoms with Gasteiger partial charge in [0, 0.05) is 18.5 Å². The maximum Gasteiger partial charge on any atom is 0.410 e. The number of piperidine rings is 1. The summed E-state index contributed by atoms with van der Waals surface area (Å²) in [5, 5.41) is 9.97. The monoisotopic (exact) mass is 377 g/mol. The molecule has 3 unspecified atom stereocenters. The second kappa shape index (κ2) is 7.25. The van der Waals surface area contributed by atoms with E-state index in [1.165, 1.54) is 22.3 Å². The van der Waals surface area contributed by atoms with Gasteiger partial charge in [-0.05, 0) is 60.3 Å². The first-order valence-electron chi connectivity index (χ1n) is 10.5. The molecule has 2 aromatic rings. The molecule has 0 bridgehead atoms. The molecule has 3 aliphatic rings. The van der Waals surface area contributed by atoms with Gasteiger partial charge in [-0.25, -0.2) is 4.79 Å². The van der Waals surface area contributed by atoms with E-state index in [2.05, 4.69) is 48.5 Å². The Morgan fingerprint density at radius 2 is 1.68 bits per heavy atom. The minimum Gasteiger partial charge on any atom is -0.448 e. The highest BCUT2D eigenvalue weighted by Gasteiger charge is 2.39. The number of likely N-dealkylation sites (tertiary alicyclic amines) is 1. The van der Waals surface area contributed by atoms with E-state index in [0.717, 1.165) is 38.6 Å². The van der Waals surface area contributed by atoms with Crippen molar-refractivity contribution in [2.75, 3.05) is 13.2 Å². The number of fused-ring (bicyclic) bond motifs is 4. The number of rotatable bonds is 2. The van der Waals surface area contributed by atoms with Crippen molar-refractivity contribution in [1.82, 2.24) is 4.90 Å². The van der Waals surface area contributed by atoms with Crippen molar-refractivity contribution in [2.45, 2.75) is 50.2 Å². The molecule has 2 aromatic carbocycles. The molecule has 1 N–H and O–H groups in total. The molecule has 28 heavy (non-hydrogen) atoms. The van der Waals surface area contributed by atoms with Gasteiger partial charge in [-0.3, -0.25) is 0 Å². The number of aliphatic hydroxyl groups is 1. The van der Waals surface area contributed by atoms with Crippen molar-refractivity contribution in [3.05, 3.63) is 59.7 Å². The molecular weight excluding hydrogens is 350 g/mol. The van der Waals surface area contributed by atoms with Crippen LogP contribution in [0.25, 0.3) is 11.1 Å². The van der Waals surface area contributed by atoms with Crippen molar-refractivity contribution in [3.8, 4) is 11.1 Å². The maximum atomic E-state index is 13.0. The lowest BCUT2D eigenvalue weighted by molar-refractivity contribution is 0.000858. The van der Waals surface area contributed by atoms with E-state index in [4.69, 9.17) is 4.74 Å². The molecule has 1 heterocycles. The third kappa shape index (κ3) is 3.00. The molecular formula is C24H27NO3. The van der Waals surface area contributed by atoms with Gasteiger partial charge in [0.2, 0.25) is 0 Å². The fourth-order valence-corrected chi connectivity index (χ4v) is 5.54. The lowest BCUT2D eigenvalue weighted by Gasteiger charge is -2.44. The Kier molecular flexibility index (Phi) is 4.59. The van der Waals surface area contributed by atoms with Gasteiger partial charge in [0.05, 0.1) is 6.10 Å². The number of aliphatic hydroxyl groups excluding tert-OH is 1. The Bertz CT molecular complexity index is 834. The highest BCUT2D eigenvalue weighted by atomic mass is 16.6. The van der Waals surface area contributed by atoms with Crippen LogP contribution in [-0.4, -0.2) is 41.4 Å². The summed E-state index contributed by atoms with van der Waals surface area (Å²) in [6, 6.07) is 17.1. The summed E-state index contributed by atoms with van der Waals surface area (Å²) >= 11 is 0. The fourth-order valence-electron chi connectivity index (χ4n) is 5.54. The summed E-state index contributed by atoms with van der Waals surface area (Å²) in [5.74, 6) is 0.517. The molecule has 2 aliphatic carbocycles. The number of hydrogen-bond acceptors (Lipinski definition) is 3. The zero-order valence-electron chi connectivity index (χ0n) is 16.1. The normalized spacial score (nSPS) is 26.3. The SMILES string of the molecule is O=C(OCC1c2ccccc2-c2ccccc21)N1CCCC2CC(O)CCC21. The molecule has 4 heteroatoms. The number of hydrogen-bond donors (Lipinski definition) is 1. The summed E-state index contributed by atoms with van der Waals surface area (Å²) in [6.07, 6.45) is 4.20. The van der Waals surface area contributed by atoms with Gasteiger partial charge in [-0.15, -0.1) is 0 Å². The molecule has 1 amide bonds. The predicted octanol–water partition coefficient (Wildman–Crippen LogP) is 4.56. The van der Waals surface area contributed by atoms with Crippen molar-refractivity contribution < 1.29 is 14.6 Å². The van der Waals surface area contributed by atoms with Gasteiger partial charge in [-0.1, -0.05) is 48.5 Å². The van der Waals surface area contributed by atoms with E-state index in [-0.39, 0.29) is 24.2 Å². The van der Waals surface area contributed by atoms with E-state index in [9.17, 15) is 9.90 Å². The average molecular weight is 377 g/mol. The number of carbonyl (C=O) groups excluding carboxylic acids is 1. The van der Waals surface area contributed by atoms with E-state index in [1.807, 2.05) is 4.90 Å². The Labute approximate surface area is 166 Å². The molecule has 1 aliphatic heterocycles. The van der Waals surface area contributed by atoms with Crippen LogP contribution >= 0.6 is 0 Å². The van der Waals surface area contributed by atoms with Gasteiger partial charge in [0.25, 0.3) is 0 Å². The van der Waals surface area contributed by atoms with Gasteiger partial charge < -0.3 is 14.7 Å². The van der Waals surface area contributed by atoms with Gasteiger partial charge >= 0.3 is 6.09 Å². The van der Waals surface area contributed by atoms with Crippen LogP contribution in [0.3, 0.4) is 0 Å². The van der Waals surface area contributed by atoms with Gasteiger partial charge in [0.15, 0.2) is 0 Å². The largest absolute Gasteiger partial charge is 0.448 e. The van der Waals surface area contributed by atoms with Crippen molar-refractivity contribution in [2.24, 2.45) is 5.92 Å². The highest BCUT2D eigenvalue weighted by molar-refractivity contribution is 5.79. The molecule has 1 saturated heterocycles. The van der Waals surface area contributed by atoms with Crippen LogP contribution in [0.5, 0.6) is 0 Å². The summed E-state index contributed by atoms with van der Waals surface area (Å²) in [5.41, 5.74) is 4.99. The fraction of sp³-hybridized carbons (Fsp3) is 0.458. The van der Waals surface area contributed by atoms with Crippen molar-refractivity contribution in [3.63, 3.8) is 0 Å². The summed E-state index contributed by atoms with van der Waals surface area (Å²) in [4.78, 5) is 14.9. The van der Waals surface area contributed by atoms with Crippen LogP contribution in [-0.2, 0) is 4.74 Å². The van der Waals surface area contributed by atoms with Crippen LogP contribution in [0.4, 0.5) is 4.79 Å². The summed E-state index contributed by atoms with van der Waals surface area (Å²) in [6.45, 7) is 1.15. The Hall–Kier alpha value is -2.33. The van der Waals surface area contributed by atoms with Gasteiger partial charge in [0.1, 0.15) is 6.61 Å². The van der Waals surface area contributed by atoms with E-state index < -0.39 is 0 Å². The number of amides is 1. The average Bonchev–Trinajstić information content (AvgIpc) is 3.05. The minimum atomic E-state index is -0.205. The quantitative estimate of drug-likeness (QED) is 0.835. The molecule has 5 rings (SSSR count). The van der Waals surface area contributed by atoms with Crippen LogP contribution in [0, 0.1) is 5.92 Å². The molecule has 2 fully saturated rings. The lowest BCUT2D eigenvalue weighted by Crippen LogP contribution is -2.51. The minimum absolute atomic E-state index is 0.102. The second-order valence-electron chi connectivity index (χ2n) is 8.43. The third-order valence-corrected chi connectivity index (χ3v) is 6.86. The number of ether oxygens (including phenoxy) is 1. The van der Waals surface area contributed by atoms with E-state index in [1.54, 1.807) is 0 Å². The zero-order chi connectivity index (χ0) is 19.1. The van der Waals surface area contributed by atoms with E-state index >= 15 is 0 Å². The van der Waals surface area contributed by atoms with Crippen LogP contribution in [0.2, 0.25) is 0 Å². The number of carbonyl (C=O) groups is 1. The van der Waals surface area contributed by atoms with Crippen LogP contribution in [0.1, 0.15) is 49.1 Å². The van der Waals surface area contributed by atoms with Crippen LogP contribution < -0.4 is 0 Å². The molecule has 0 radical (unpaired) electrons. The Balaban J connectivity index is 1.32. The molecule has 3 atom stereocenters. The second-order valence-corrected chi connectivity index (χ2v) is 8.43. The maximum absolute atomic E-state index is 13.0.